The average molecular weight is 534 g/mol. The van der Waals surface area contributed by atoms with E-state index in [1.807, 2.05) is 64.5 Å². The first kappa shape index (κ1) is 25.7. The van der Waals surface area contributed by atoms with E-state index in [1.54, 1.807) is 6.33 Å². The van der Waals surface area contributed by atoms with Gasteiger partial charge in [-0.15, -0.1) is 0 Å². The Morgan fingerprint density at radius 2 is 1.85 bits per heavy atom. The molecule has 3 heterocycles. The van der Waals surface area contributed by atoms with Crippen molar-refractivity contribution in [3.8, 4) is 17.2 Å². The molecular weight excluding hydrogens is 502 g/mol. The van der Waals surface area contributed by atoms with Crippen molar-refractivity contribution in [1.82, 2.24) is 29.3 Å². The van der Waals surface area contributed by atoms with Gasteiger partial charge in [0.15, 0.2) is 5.82 Å². The van der Waals surface area contributed by atoms with Gasteiger partial charge in [0.25, 0.3) is 5.56 Å². The summed E-state index contributed by atoms with van der Waals surface area (Å²) in [6.45, 7) is 3.94. The molecule has 0 spiro atoms. The molecular formula is C31H31N7O2. The van der Waals surface area contributed by atoms with Crippen molar-refractivity contribution >= 4 is 5.78 Å². The predicted molar refractivity (Wildman–Crippen MR) is 150 cm³/mol. The summed E-state index contributed by atoms with van der Waals surface area (Å²) in [6.07, 6.45) is 7.07. The zero-order valence-corrected chi connectivity index (χ0v) is 22.7. The summed E-state index contributed by atoms with van der Waals surface area (Å²) >= 11 is 0. The van der Waals surface area contributed by atoms with Gasteiger partial charge in [-0.05, 0) is 61.8 Å². The highest BCUT2D eigenvalue weighted by Crippen LogP contribution is 2.37. The highest BCUT2D eigenvalue weighted by molar-refractivity contribution is 5.70. The van der Waals surface area contributed by atoms with E-state index in [9.17, 15) is 10.1 Å². The molecule has 2 aromatic carbocycles. The Balaban J connectivity index is 1.34. The molecule has 202 valence electrons. The molecule has 1 fully saturated rings. The van der Waals surface area contributed by atoms with Gasteiger partial charge in [0, 0.05) is 23.9 Å². The summed E-state index contributed by atoms with van der Waals surface area (Å²) in [5.41, 5.74) is 5.26. The summed E-state index contributed by atoms with van der Waals surface area (Å²) in [7, 11) is 0. The van der Waals surface area contributed by atoms with Crippen molar-refractivity contribution in [2.24, 2.45) is 0 Å². The van der Waals surface area contributed by atoms with E-state index >= 15 is 0 Å². The maximum Gasteiger partial charge on any atom is 0.259 e. The van der Waals surface area contributed by atoms with Gasteiger partial charge in [-0.25, -0.2) is 4.52 Å². The van der Waals surface area contributed by atoms with Crippen LogP contribution in [0.1, 0.15) is 85.1 Å². The quantitative estimate of drug-likeness (QED) is 0.269. The molecule has 9 nitrogen and oxygen atoms in total. The SMILES string of the molecule is CCCc1c(Cc2ccc(-c3ccccc3C#N)cc2)c(=O)n([C@H]2CC[C@H](c3nc(C)no3)CC2)c2ncnn12. The third-order valence-corrected chi connectivity index (χ3v) is 7.96. The summed E-state index contributed by atoms with van der Waals surface area (Å²) in [4.78, 5) is 23.2. The number of aryl methyl sites for hydroxylation is 2. The van der Waals surface area contributed by atoms with Gasteiger partial charge >= 0.3 is 0 Å². The molecule has 40 heavy (non-hydrogen) atoms. The van der Waals surface area contributed by atoms with Crippen molar-refractivity contribution in [2.45, 2.75) is 70.8 Å². The molecule has 1 aliphatic rings. The van der Waals surface area contributed by atoms with Crippen LogP contribution in [0.15, 0.2) is 64.2 Å². The van der Waals surface area contributed by atoms with E-state index in [1.165, 1.54) is 0 Å². The van der Waals surface area contributed by atoms with Crippen LogP contribution in [0.2, 0.25) is 0 Å². The number of hydrogen-bond acceptors (Lipinski definition) is 7. The number of benzene rings is 2. The third kappa shape index (κ3) is 4.70. The number of nitrogens with zero attached hydrogens (tertiary/aromatic N) is 7. The van der Waals surface area contributed by atoms with Crippen molar-refractivity contribution in [3.63, 3.8) is 0 Å². The second-order valence-corrected chi connectivity index (χ2v) is 10.5. The molecule has 0 atom stereocenters. The second-order valence-electron chi connectivity index (χ2n) is 10.5. The van der Waals surface area contributed by atoms with Crippen LogP contribution in [0.4, 0.5) is 0 Å². The van der Waals surface area contributed by atoms with Crippen molar-refractivity contribution < 1.29 is 4.52 Å². The fourth-order valence-corrected chi connectivity index (χ4v) is 5.98. The molecule has 0 amide bonds. The Bertz CT molecular complexity index is 1750. The third-order valence-electron chi connectivity index (χ3n) is 7.96. The van der Waals surface area contributed by atoms with Crippen LogP contribution in [0, 0.1) is 18.3 Å². The number of rotatable bonds is 7. The summed E-state index contributed by atoms with van der Waals surface area (Å²) < 4.78 is 9.17. The number of hydrogen-bond donors (Lipinski definition) is 0. The molecule has 0 unspecified atom stereocenters. The van der Waals surface area contributed by atoms with E-state index in [0.717, 1.165) is 66.5 Å². The van der Waals surface area contributed by atoms with Crippen molar-refractivity contribution in [1.29, 1.82) is 5.26 Å². The van der Waals surface area contributed by atoms with E-state index in [-0.39, 0.29) is 17.5 Å². The Morgan fingerprint density at radius 3 is 2.55 bits per heavy atom. The van der Waals surface area contributed by atoms with Crippen LogP contribution in [-0.2, 0) is 12.8 Å². The van der Waals surface area contributed by atoms with E-state index in [2.05, 4.69) is 33.2 Å². The van der Waals surface area contributed by atoms with Crippen LogP contribution in [0.3, 0.4) is 0 Å². The molecule has 0 aliphatic heterocycles. The maximum absolute atomic E-state index is 14.2. The molecule has 5 aromatic rings. The van der Waals surface area contributed by atoms with Gasteiger partial charge < -0.3 is 4.52 Å². The van der Waals surface area contributed by atoms with Gasteiger partial charge in [-0.3, -0.25) is 9.36 Å². The number of nitriles is 1. The van der Waals surface area contributed by atoms with Gasteiger partial charge in [0.05, 0.1) is 17.3 Å². The van der Waals surface area contributed by atoms with E-state index in [4.69, 9.17) is 4.52 Å². The number of fused-ring (bicyclic) bond motifs is 1. The van der Waals surface area contributed by atoms with Gasteiger partial charge in [-0.2, -0.15) is 20.3 Å². The summed E-state index contributed by atoms with van der Waals surface area (Å²) in [5, 5.41) is 18.0. The highest BCUT2D eigenvalue weighted by atomic mass is 16.5. The standard InChI is InChI=1S/C31H31N7O2/c1-3-6-28-27(17-21-9-11-22(12-10-21)26-8-5-4-7-24(26)18-32)30(39)37(31-33-19-34-38(28)31)25-15-13-23(14-16-25)29-35-20(2)36-40-29/h4-5,7-12,19,23,25H,3,6,13-17H2,1-2H3/t23-,25-. The second kappa shape index (κ2) is 10.9. The molecule has 3 aromatic heterocycles. The monoisotopic (exact) mass is 533 g/mol. The lowest BCUT2D eigenvalue weighted by molar-refractivity contribution is 0.269. The molecule has 0 N–H and O–H groups in total. The van der Waals surface area contributed by atoms with Crippen LogP contribution >= 0.6 is 0 Å². The lowest BCUT2D eigenvalue weighted by Gasteiger charge is -2.29. The number of aromatic nitrogens is 6. The molecule has 9 heteroatoms. The van der Waals surface area contributed by atoms with Crippen molar-refractivity contribution in [3.05, 3.63) is 99.3 Å². The topological polar surface area (TPSA) is 115 Å². The summed E-state index contributed by atoms with van der Waals surface area (Å²) in [6, 6.07) is 18.0. The molecule has 1 aliphatic carbocycles. The smallest absolute Gasteiger partial charge is 0.259 e. The van der Waals surface area contributed by atoms with E-state index < -0.39 is 0 Å². The minimum atomic E-state index is 0.0138. The average Bonchev–Trinajstić information content (AvgIpc) is 3.65. The van der Waals surface area contributed by atoms with Crippen LogP contribution in [-0.4, -0.2) is 29.3 Å². The Labute approximate surface area is 232 Å². The van der Waals surface area contributed by atoms with Gasteiger partial charge in [0.1, 0.15) is 6.33 Å². The highest BCUT2D eigenvalue weighted by Gasteiger charge is 2.30. The molecule has 0 radical (unpaired) electrons. The Kier molecular flexibility index (Phi) is 6.99. The predicted octanol–water partition coefficient (Wildman–Crippen LogP) is 5.56. The first-order chi connectivity index (χ1) is 19.6. The first-order valence-electron chi connectivity index (χ1n) is 13.9. The zero-order valence-electron chi connectivity index (χ0n) is 22.7. The molecule has 1 saturated carbocycles. The fraction of sp³-hybridized carbons (Fsp3) is 0.355. The normalized spacial score (nSPS) is 17.2. The maximum atomic E-state index is 14.2. The minimum Gasteiger partial charge on any atom is -0.339 e. The minimum absolute atomic E-state index is 0.0138. The van der Waals surface area contributed by atoms with Crippen LogP contribution < -0.4 is 5.56 Å². The fourth-order valence-electron chi connectivity index (χ4n) is 5.98. The molecule has 6 rings (SSSR count). The largest absolute Gasteiger partial charge is 0.339 e. The van der Waals surface area contributed by atoms with Gasteiger partial charge in [-0.1, -0.05) is 61.0 Å². The van der Waals surface area contributed by atoms with Crippen molar-refractivity contribution in [2.75, 3.05) is 0 Å². The zero-order chi connectivity index (χ0) is 27.6. The first-order valence-corrected chi connectivity index (χ1v) is 13.9. The van der Waals surface area contributed by atoms with Crippen LogP contribution in [0.5, 0.6) is 0 Å². The lowest BCUT2D eigenvalue weighted by Crippen LogP contribution is -2.34. The molecule has 0 bridgehead atoms. The Hall–Kier alpha value is -4.58. The van der Waals surface area contributed by atoms with E-state index in [0.29, 0.717) is 29.5 Å². The van der Waals surface area contributed by atoms with Gasteiger partial charge in [0.2, 0.25) is 11.7 Å². The molecule has 0 saturated heterocycles. The lowest BCUT2D eigenvalue weighted by atomic mass is 9.85. The van der Waals surface area contributed by atoms with Crippen LogP contribution in [0.25, 0.3) is 16.9 Å². The Morgan fingerprint density at radius 1 is 1.07 bits per heavy atom. The summed E-state index contributed by atoms with van der Waals surface area (Å²) in [5.74, 6) is 2.16.